The molecule has 0 aliphatic carbocycles. The summed E-state index contributed by atoms with van der Waals surface area (Å²) in [6.45, 7) is 0.912. The SMILES string of the molecule is CN(CCOc1ccccc1)C(=O)c1cc(-c2ccncc2)n[nH]1. The summed E-state index contributed by atoms with van der Waals surface area (Å²) in [5.74, 6) is 0.666. The molecule has 2 aromatic heterocycles. The largest absolute Gasteiger partial charge is 0.492 e. The van der Waals surface area contributed by atoms with Gasteiger partial charge in [0.05, 0.1) is 12.2 Å². The fraction of sp³-hybridized carbons (Fsp3) is 0.167. The first kappa shape index (κ1) is 15.7. The average Bonchev–Trinajstić information content (AvgIpc) is 3.13. The number of rotatable bonds is 6. The molecule has 0 bridgehead atoms. The Hall–Kier alpha value is -3.15. The van der Waals surface area contributed by atoms with Gasteiger partial charge in [-0.3, -0.25) is 14.9 Å². The van der Waals surface area contributed by atoms with Gasteiger partial charge in [-0.05, 0) is 30.3 Å². The summed E-state index contributed by atoms with van der Waals surface area (Å²) in [7, 11) is 1.74. The van der Waals surface area contributed by atoms with Crippen LogP contribution in [0.25, 0.3) is 11.3 Å². The van der Waals surface area contributed by atoms with Gasteiger partial charge < -0.3 is 9.64 Å². The normalized spacial score (nSPS) is 10.4. The molecule has 0 fully saturated rings. The molecule has 3 aromatic rings. The highest BCUT2D eigenvalue weighted by Gasteiger charge is 2.15. The van der Waals surface area contributed by atoms with Crippen LogP contribution < -0.4 is 4.74 Å². The van der Waals surface area contributed by atoms with Crippen LogP contribution in [-0.4, -0.2) is 46.2 Å². The number of aromatic nitrogens is 3. The number of aromatic amines is 1. The van der Waals surface area contributed by atoms with Crippen molar-refractivity contribution in [2.24, 2.45) is 0 Å². The molecule has 1 N–H and O–H groups in total. The summed E-state index contributed by atoms with van der Waals surface area (Å²) in [6.07, 6.45) is 3.39. The van der Waals surface area contributed by atoms with Crippen LogP contribution in [0.1, 0.15) is 10.5 Å². The number of likely N-dealkylation sites (N-methyl/N-ethyl adjacent to an activating group) is 1. The summed E-state index contributed by atoms with van der Waals surface area (Å²) in [5, 5.41) is 6.98. The Bertz CT molecular complexity index is 787. The molecule has 1 amide bonds. The van der Waals surface area contributed by atoms with Crippen molar-refractivity contribution in [3.63, 3.8) is 0 Å². The first-order chi connectivity index (χ1) is 11.7. The van der Waals surface area contributed by atoms with E-state index in [0.717, 1.165) is 17.0 Å². The number of nitrogens with one attached hydrogen (secondary N) is 1. The highest BCUT2D eigenvalue weighted by molar-refractivity contribution is 5.93. The van der Waals surface area contributed by atoms with Gasteiger partial charge in [-0.1, -0.05) is 18.2 Å². The number of ether oxygens (including phenoxy) is 1. The highest BCUT2D eigenvalue weighted by Crippen LogP contribution is 2.17. The molecule has 0 atom stereocenters. The zero-order valence-corrected chi connectivity index (χ0v) is 13.3. The first-order valence-corrected chi connectivity index (χ1v) is 7.63. The van der Waals surface area contributed by atoms with Crippen molar-refractivity contribution < 1.29 is 9.53 Å². The summed E-state index contributed by atoms with van der Waals surface area (Å²) in [5.41, 5.74) is 2.08. The topological polar surface area (TPSA) is 71.1 Å². The number of hydrogen-bond donors (Lipinski definition) is 1. The third kappa shape index (κ3) is 3.78. The monoisotopic (exact) mass is 322 g/mol. The molecule has 0 unspecified atom stereocenters. The van der Waals surface area contributed by atoms with Gasteiger partial charge in [0.2, 0.25) is 0 Å². The maximum absolute atomic E-state index is 12.4. The van der Waals surface area contributed by atoms with E-state index in [-0.39, 0.29) is 5.91 Å². The van der Waals surface area contributed by atoms with E-state index >= 15 is 0 Å². The number of carbonyl (C=O) groups is 1. The van der Waals surface area contributed by atoms with Gasteiger partial charge in [0.25, 0.3) is 5.91 Å². The van der Waals surface area contributed by atoms with Gasteiger partial charge in [0.1, 0.15) is 18.1 Å². The summed E-state index contributed by atoms with van der Waals surface area (Å²) < 4.78 is 5.61. The number of H-pyrrole nitrogens is 1. The minimum Gasteiger partial charge on any atom is -0.492 e. The van der Waals surface area contributed by atoms with E-state index in [4.69, 9.17) is 4.74 Å². The van der Waals surface area contributed by atoms with Gasteiger partial charge in [0.15, 0.2) is 0 Å². The number of nitrogens with zero attached hydrogens (tertiary/aromatic N) is 3. The Morgan fingerprint density at radius 1 is 1.17 bits per heavy atom. The Labute approximate surface area is 140 Å². The van der Waals surface area contributed by atoms with E-state index in [9.17, 15) is 4.79 Å². The summed E-state index contributed by atoms with van der Waals surface area (Å²) in [6, 6.07) is 15.0. The summed E-state index contributed by atoms with van der Waals surface area (Å²) >= 11 is 0. The van der Waals surface area contributed by atoms with E-state index in [0.29, 0.717) is 18.8 Å². The van der Waals surface area contributed by atoms with Crippen molar-refractivity contribution in [2.75, 3.05) is 20.2 Å². The lowest BCUT2D eigenvalue weighted by molar-refractivity contribution is 0.0768. The molecule has 6 nitrogen and oxygen atoms in total. The molecule has 0 aliphatic heterocycles. The molecule has 0 spiro atoms. The Morgan fingerprint density at radius 3 is 2.67 bits per heavy atom. The van der Waals surface area contributed by atoms with Gasteiger partial charge in [-0.25, -0.2) is 0 Å². The number of carbonyl (C=O) groups excluding carboxylic acids is 1. The van der Waals surface area contributed by atoms with Crippen LogP contribution in [0.3, 0.4) is 0 Å². The Balaban J connectivity index is 1.57. The van der Waals surface area contributed by atoms with Crippen LogP contribution in [0.2, 0.25) is 0 Å². The number of benzene rings is 1. The van der Waals surface area contributed by atoms with Crippen LogP contribution in [0, 0.1) is 0 Å². The van der Waals surface area contributed by atoms with Crippen LogP contribution in [0.5, 0.6) is 5.75 Å². The van der Waals surface area contributed by atoms with Crippen LogP contribution >= 0.6 is 0 Å². The lowest BCUT2D eigenvalue weighted by Crippen LogP contribution is -2.31. The van der Waals surface area contributed by atoms with E-state index in [1.54, 1.807) is 30.4 Å². The molecular weight excluding hydrogens is 304 g/mol. The number of para-hydroxylation sites is 1. The lowest BCUT2D eigenvalue weighted by atomic mass is 10.2. The fourth-order valence-electron chi connectivity index (χ4n) is 2.23. The van der Waals surface area contributed by atoms with E-state index in [2.05, 4.69) is 15.2 Å². The van der Waals surface area contributed by atoms with Gasteiger partial charge >= 0.3 is 0 Å². The lowest BCUT2D eigenvalue weighted by Gasteiger charge is -2.16. The van der Waals surface area contributed by atoms with E-state index < -0.39 is 0 Å². The average molecular weight is 322 g/mol. The zero-order chi connectivity index (χ0) is 16.8. The molecule has 1 aromatic carbocycles. The van der Waals surface area contributed by atoms with E-state index in [1.165, 1.54) is 0 Å². The smallest absolute Gasteiger partial charge is 0.271 e. The van der Waals surface area contributed by atoms with Gasteiger partial charge in [-0.15, -0.1) is 0 Å². The van der Waals surface area contributed by atoms with Crippen LogP contribution in [-0.2, 0) is 0 Å². The molecule has 3 rings (SSSR count). The van der Waals surface area contributed by atoms with Crippen molar-refractivity contribution in [3.8, 4) is 17.0 Å². The fourth-order valence-corrected chi connectivity index (χ4v) is 2.23. The van der Waals surface area contributed by atoms with E-state index in [1.807, 2.05) is 42.5 Å². The van der Waals surface area contributed by atoms with Crippen molar-refractivity contribution in [3.05, 3.63) is 66.6 Å². The molecule has 0 radical (unpaired) electrons. The molecule has 122 valence electrons. The third-order valence-electron chi connectivity index (χ3n) is 3.57. The standard InChI is InChI=1S/C18H18N4O2/c1-22(11-12-24-15-5-3-2-4-6-15)18(23)17-13-16(20-21-17)14-7-9-19-10-8-14/h2-10,13H,11-12H2,1H3,(H,20,21). The minimum atomic E-state index is -0.125. The molecule has 0 saturated heterocycles. The Kier molecular flexibility index (Phi) is 4.86. The van der Waals surface area contributed by atoms with Crippen molar-refractivity contribution >= 4 is 5.91 Å². The van der Waals surface area contributed by atoms with Crippen LogP contribution in [0.15, 0.2) is 60.9 Å². The molecule has 0 saturated carbocycles. The predicted molar refractivity (Wildman–Crippen MR) is 90.7 cm³/mol. The molecular formula is C18H18N4O2. The highest BCUT2D eigenvalue weighted by atomic mass is 16.5. The maximum Gasteiger partial charge on any atom is 0.271 e. The number of amides is 1. The number of hydrogen-bond acceptors (Lipinski definition) is 4. The predicted octanol–water partition coefficient (Wildman–Crippen LogP) is 2.62. The second-order valence-corrected chi connectivity index (χ2v) is 5.29. The quantitative estimate of drug-likeness (QED) is 0.757. The zero-order valence-electron chi connectivity index (χ0n) is 13.3. The minimum absolute atomic E-state index is 0.125. The molecule has 0 aliphatic rings. The summed E-state index contributed by atoms with van der Waals surface area (Å²) in [4.78, 5) is 18.0. The van der Waals surface area contributed by atoms with Crippen molar-refractivity contribution in [2.45, 2.75) is 0 Å². The molecule has 24 heavy (non-hydrogen) atoms. The molecule has 2 heterocycles. The maximum atomic E-state index is 12.4. The number of pyridine rings is 1. The van der Waals surface area contributed by atoms with Crippen molar-refractivity contribution in [1.82, 2.24) is 20.1 Å². The first-order valence-electron chi connectivity index (χ1n) is 7.63. The van der Waals surface area contributed by atoms with Gasteiger partial charge in [0, 0.05) is 25.0 Å². The molecule has 6 heteroatoms. The van der Waals surface area contributed by atoms with Crippen molar-refractivity contribution in [1.29, 1.82) is 0 Å². The second kappa shape index (κ2) is 7.41. The van der Waals surface area contributed by atoms with Crippen LogP contribution in [0.4, 0.5) is 0 Å². The third-order valence-corrected chi connectivity index (χ3v) is 3.57. The second-order valence-electron chi connectivity index (χ2n) is 5.29. The van der Waals surface area contributed by atoms with Gasteiger partial charge in [-0.2, -0.15) is 5.10 Å². The Morgan fingerprint density at radius 2 is 1.92 bits per heavy atom.